The van der Waals surface area contributed by atoms with Crippen LogP contribution < -0.4 is 5.32 Å². The van der Waals surface area contributed by atoms with Crippen LogP contribution in [0, 0.1) is 20.8 Å². The number of carbonyl (C=O) groups is 1. The maximum atomic E-state index is 12.4. The summed E-state index contributed by atoms with van der Waals surface area (Å²) in [5.41, 5.74) is 5.26. The van der Waals surface area contributed by atoms with Crippen molar-refractivity contribution in [1.82, 2.24) is 5.32 Å². The zero-order chi connectivity index (χ0) is 14.7. The molecule has 0 aliphatic carbocycles. The highest BCUT2D eigenvalue weighted by molar-refractivity contribution is 5.96. The minimum atomic E-state index is -0.0121. The third kappa shape index (κ3) is 3.08. The van der Waals surface area contributed by atoms with Crippen LogP contribution in [0.4, 0.5) is 0 Å². The molecule has 104 valence electrons. The average molecular weight is 267 g/mol. The van der Waals surface area contributed by atoms with E-state index in [2.05, 4.69) is 18.3 Å². The van der Waals surface area contributed by atoms with Crippen LogP contribution in [0.2, 0.25) is 0 Å². The molecule has 0 fully saturated rings. The second-order valence-electron chi connectivity index (χ2n) is 5.36. The molecule has 0 aliphatic heterocycles. The maximum Gasteiger partial charge on any atom is 0.252 e. The summed E-state index contributed by atoms with van der Waals surface area (Å²) in [6.45, 7) is 8.08. The van der Waals surface area contributed by atoms with Crippen molar-refractivity contribution in [3.05, 3.63) is 70.3 Å². The molecule has 0 spiro atoms. The summed E-state index contributed by atoms with van der Waals surface area (Å²) < 4.78 is 0. The van der Waals surface area contributed by atoms with Crippen LogP contribution in [0.5, 0.6) is 0 Å². The molecular formula is C18H21NO. The Morgan fingerprint density at radius 3 is 2.20 bits per heavy atom. The number of benzene rings is 2. The molecule has 0 heterocycles. The normalized spacial score (nSPS) is 12.0. The van der Waals surface area contributed by atoms with Gasteiger partial charge in [0.2, 0.25) is 0 Å². The van der Waals surface area contributed by atoms with E-state index in [1.165, 1.54) is 5.56 Å². The zero-order valence-corrected chi connectivity index (χ0v) is 12.5. The summed E-state index contributed by atoms with van der Waals surface area (Å²) in [4.78, 5) is 12.4. The highest BCUT2D eigenvalue weighted by Gasteiger charge is 2.14. The standard InChI is InChI=1S/C18H21NO/c1-12-10-14(3)17(11-13(12)2)18(20)19-15(4)16-8-6-5-7-9-16/h5-11,15H,1-4H3,(H,19,20)/t15-/m0/s1. The molecule has 1 N–H and O–H groups in total. The molecule has 2 heteroatoms. The Morgan fingerprint density at radius 2 is 1.55 bits per heavy atom. The minimum Gasteiger partial charge on any atom is -0.346 e. The quantitative estimate of drug-likeness (QED) is 0.891. The lowest BCUT2D eigenvalue weighted by Crippen LogP contribution is -2.27. The monoisotopic (exact) mass is 267 g/mol. The van der Waals surface area contributed by atoms with Crippen LogP contribution in [0.3, 0.4) is 0 Å². The van der Waals surface area contributed by atoms with Gasteiger partial charge in [-0.3, -0.25) is 4.79 Å². The first-order valence-corrected chi connectivity index (χ1v) is 6.92. The van der Waals surface area contributed by atoms with Crippen LogP contribution in [-0.4, -0.2) is 5.91 Å². The molecule has 0 aliphatic rings. The van der Waals surface area contributed by atoms with Gasteiger partial charge in [-0.05, 0) is 56.0 Å². The van der Waals surface area contributed by atoms with Crippen LogP contribution in [0.1, 0.15) is 45.6 Å². The van der Waals surface area contributed by atoms with E-state index in [0.717, 1.165) is 22.3 Å². The number of hydrogen-bond donors (Lipinski definition) is 1. The van der Waals surface area contributed by atoms with Gasteiger partial charge in [0.15, 0.2) is 0 Å². The molecule has 0 radical (unpaired) electrons. The van der Waals surface area contributed by atoms with Gasteiger partial charge in [-0.2, -0.15) is 0 Å². The fourth-order valence-corrected chi connectivity index (χ4v) is 2.30. The van der Waals surface area contributed by atoms with Crippen molar-refractivity contribution in [2.75, 3.05) is 0 Å². The molecule has 0 saturated heterocycles. The highest BCUT2D eigenvalue weighted by Crippen LogP contribution is 2.17. The topological polar surface area (TPSA) is 29.1 Å². The highest BCUT2D eigenvalue weighted by atomic mass is 16.1. The Kier molecular flexibility index (Phi) is 4.23. The van der Waals surface area contributed by atoms with Gasteiger partial charge in [-0.1, -0.05) is 36.4 Å². The number of rotatable bonds is 3. The van der Waals surface area contributed by atoms with Crippen molar-refractivity contribution in [2.45, 2.75) is 33.7 Å². The predicted octanol–water partition coefficient (Wildman–Crippen LogP) is 4.10. The molecule has 2 aromatic carbocycles. The van der Waals surface area contributed by atoms with E-state index >= 15 is 0 Å². The lowest BCUT2D eigenvalue weighted by Gasteiger charge is -2.16. The van der Waals surface area contributed by atoms with Gasteiger partial charge in [-0.25, -0.2) is 0 Å². The Balaban J connectivity index is 2.19. The van der Waals surface area contributed by atoms with Crippen molar-refractivity contribution >= 4 is 5.91 Å². The molecule has 0 bridgehead atoms. The SMILES string of the molecule is Cc1cc(C)c(C(=O)N[C@@H](C)c2ccccc2)cc1C. The number of carbonyl (C=O) groups excluding carboxylic acids is 1. The fraction of sp³-hybridized carbons (Fsp3) is 0.278. The Hall–Kier alpha value is -2.09. The summed E-state index contributed by atoms with van der Waals surface area (Å²) in [5.74, 6) is -0.0121. The van der Waals surface area contributed by atoms with Crippen molar-refractivity contribution < 1.29 is 4.79 Å². The smallest absolute Gasteiger partial charge is 0.252 e. The second-order valence-corrected chi connectivity index (χ2v) is 5.36. The first-order chi connectivity index (χ1) is 9.49. The Bertz CT molecular complexity index is 617. The molecule has 2 rings (SSSR count). The molecular weight excluding hydrogens is 246 g/mol. The van der Waals surface area contributed by atoms with Crippen molar-refractivity contribution in [1.29, 1.82) is 0 Å². The van der Waals surface area contributed by atoms with E-state index in [1.54, 1.807) is 0 Å². The molecule has 1 atom stereocenters. The van der Waals surface area contributed by atoms with Crippen LogP contribution in [-0.2, 0) is 0 Å². The van der Waals surface area contributed by atoms with Gasteiger partial charge in [0.05, 0.1) is 6.04 Å². The lowest BCUT2D eigenvalue weighted by molar-refractivity contribution is 0.0939. The average Bonchev–Trinajstić information content (AvgIpc) is 2.43. The number of amides is 1. The number of aryl methyl sites for hydroxylation is 3. The summed E-state index contributed by atoms with van der Waals surface area (Å²) in [6, 6.07) is 14.0. The number of hydrogen-bond acceptors (Lipinski definition) is 1. The van der Waals surface area contributed by atoms with Gasteiger partial charge >= 0.3 is 0 Å². The third-order valence-corrected chi connectivity index (χ3v) is 3.73. The predicted molar refractivity (Wildman–Crippen MR) is 83.0 cm³/mol. The lowest BCUT2D eigenvalue weighted by atomic mass is 10.00. The first kappa shape index (κ1) is 14.3. The van der Waals surface area contributed by atoms with Gasteiger partial charge in [-0.15, -0.1) is 0 Å². The van der Waals surface area contributed by atoms with Crippen molar-refractivity contribution in [3.8, 4) is 0 Å². The third-order valence-electron chi connectivity index (χ3n) is 3.73. The van der Waals surface area contributed by atoms with E-state index in [1.807, 2.05) is 57.2 Å². The number of nitrogens with one attached hydrogen (secondary N) is 1. The summed E-state index contributed by atoms with van der Waals surface area (Å²) in [6.07, 6.45) is 0. The van der Waals surface area contributed by atoms with Gasteiger partial charge in [0.1, 0.15) is 0 Å². The van der Waals surface area contributed by atoms with E-state index < -0.39 is 0 Å². The second kappa shape index (κ2) is 5.91. The minimum absolute atomic E-state index is 0.00436. The molecule has 20 heavy (non-hydrogen) atoms. The molecule has 2 nitrogen and oxygen atoms in total. The summed E-state index contributed by atoms with van der Waals surface area (Å²) in [7, 11) is 0. The molecule has 0 unspecified atom stereocenters. The van der Waals surface area contributed by atoms with Gasteiger partial charge in [0, 0.05) is 5.56 Å². The molecule has 0 saturated carbocycles. The Labute approximate surface area is 120 Å². The maximum absolute atomic E-state index is 12.4. The fourth-order valence-electron chi connectivity index (χ4n) is 2.30. The molecule has 1 amide bonds. The van der Waals surface area contributed by atoms with Gasteiger partial charge < -0.3 is 5.32 Å². The summed E-state index contributed by atoms with van der Waals surface area (Å²) >= 11 is 0. The van der Waals surface area contributed by atoms with Gasteiger partial charge in [0.25, 0.3) is 5.91 Å². The van der Waals surface area contributed by atoms with Crippen LogP contribution >= 0.6 is 0 Å². The molecule has 2 aromatic rings. The molecule has 0 aromatic heterocycles. The van der Waals surface area contributed by atoms with Crippen LogP contribution in [0.15, 0.2) is 42.5 Å². The first-order valence-electron chi connectivity index (χ1n) is 6.92. The van der Waals surface area contributed by atoms with E-state index in [9.17, 15) is 4.79 Å². The van der Waals surface area contributed by atoms with E-state index in [0.29, 0.717) is 0 Å². The Morgan fingerprint density at radius 1 is 0.950 bits per heavy atom. The van der Waals surface area contributed by atoms with Crippen molar-refractivity contribution in [2.24, 2.45) is 0 Å². The van der Waals surface area contributed by atoms with E-state index in [-0.39, 0.29) is 11.9 Å². The van der Waals surface area contributed by atoms with E-state index in [4.69, 9.17) is 0 Å². The largest absolute Gasteiger partial charge is 0.346 e. The zero-order valence-electron chi connectivity index (χ0n) is 12.5. The van der Waals surface area contributed by atoms with Crippen molar-refractivity contribution in [3.63, 3.8) is 0 Å². The van der Waals surface area contributed by atoms with Crippen LogP contribution in [0.25, 0.3) is 0 Å². The summed E-state index contributed by atoms with van der Waals surface area (Å²) in [5, 5.41) is 3.06.